The fourth-order valence-electron chi connectivity index (χ4n) is 2.18. The van der Waals surface area contributed by atoms with Crippen molar-refractivity contribution in [2.24, 2.45) is 0 Å². The maximum absolute atomic E-state index is 13.5. The van der Waals surface area contributed by atoms with Crippen molar-refractivity contribution in [3.05, 3.63) is 46.7 Å². The number of piperazine rings is 1. The van der Waals surface area contributed by atoms with Crippen LogP contribution in [0.5, 0.6) is 0 Å². The lowest BCUT2D eigenvalue weighted by Crippen LogP contribution is -2.44. The Bertz CT molecular complexity index is 412. The zero-order valence-corrected chi connectivity index (χ0v) is 13.7. The highest BCUT2D eigenvalue weighted by atomic mass is 79.9. The van der Waals surface area contributed by atoms with E-state index in [1.54, 1.807) is 6.07 Å². The van der Waals surface area contributed by atoms with E-state index in [9.17, 15) is 4.39 Å². The standard InChI is InChI=1S/C13H16BrFN2.2ClH/c1-2-12(17-8-6-16-7-9-17)10-4-3-5-11(15)13(10)14;;/h2-5,12,16H,1,6-9H2;2*1H/t12-;;/m0../s1. The molecule has 0 saturated carbocycles. The van der Waals surface area contributed by atoms with Gasteiger partial charge in [0.2, 0.25) is 0 Å². The number of nitrogens with one attached hydrogen (secondary N) is 1. The molecule has 1 saturated heterocycles. The van der Waals surface area contributed by atoms with Gasteiger partial charge in [0, 0.05) is 26.2 Å². The number of benzene rings is 1. The summed E-state index contributed by atoms with van der Waals surface area (Å²) >= 11 is 3.32. The van der Waals surface area contributed by atoms with Crippen LogP contribution in [0, 0.1) is 5.82 Å². The lowest BCUT2D eigenvalue weighted by atomic mass is 10.0. The van der Waals surface area contributed by atoms with Gasteiger partial charge < -0.3 is 5.32 Å². The van der Waals surface area contributed by atoms with Crippen LogP contribution >= 0.6 is 40.7 Å². The highest BCUT2D eigenvalue weighted by Crippen LogP contribution is 2.30. The molecule has 0 radical (unpaired) electrons. The third-order valence-corrected chi connectivity index (χ3v) is 3.90. The molecule has 0 aliphatic carbocycles. The lowest BCUT2D eigenvalue weighted by Gasteiger charge is -2.33. The lowest BCUT2D eigenvalue weighted by molar-refractivity contribution is 0.203. The monoisotopic (exact) mass is 370 g/mol. The third kappa shape index (κ3) is 4.43. The molecule has 1 aromatic carbocycles. The quantitative estimate of drug-likeness (QED) is 0.817. The van der Waals surface area contributed by atoms with E-state index in [2.05, 4.69) is 32.7 Å². The first-order valence-corrected chi connectivity index (χ1v) is 6.54. The number of hydrogen-bond acceptors (Lipinski definition) is 2. The van der Waals surface area contributed by atoms with E-state index in [-0.39, 0.29) is 36.7 Å². The molecule has 1 fully saturated rings. The molecule has 6 heteroatoms. The molecule has 19 heavy (non-hydrogen) atoms. The summed E-state index contributed by atoms with van der Waals surface area (Å²) in [5, 5.41) is 3.31. The van der Waals surface area contributed by atoms with Crippen LogP contribution in [0.1, 0.15) is 11.6 Å². The molecule has 0 aromatic heterocycles. The Kier molecular flexibility index (Phi) is 8.86. The molecular weight excluding hydrogens is 354 g/mol. The van der Waals surface area contributed by atoms with Crippen molar-refractivity contribution in [3.8, 4) is 0 Å². The molecule has 0 bridgehead atoms. The van der Waals surface area contributed by atoms with Crippen LogP contribution in [0.25, 0.3) is 0 Å². The van der Waals surface area contributed by atoms with Crippen molar-refractivity contribution >= 4 is 40.7 Å². The summed E-state index contributed by atoms with van der Waals surface area (Å²) in [6.45, 7) is 7.73. The van der Waals surface area contributed by atoms with Crippen molar-refractivity contribution in [2.75, 3.05) is 26.2 Å². The van der Waals surface area contributed by atoms with Gasteiger partial charge in [-0.25, -0.2) is 4.39 Å². The Morgan fingerprint density at radius 2 is 1.95 bits per heavy atom. The Labute approximate surface area is 134 Å². The molecule has 1 atom stereocenters. The van der Waals surface area contributed by atoms with Crippen LogP contribution in [0.4, 0.5) is 4.39 Å². The van der Waals surface area contributed by atoms with E-state index in [1.165, 1.54) is 6.07 Å². The molecule has 1 N–H and O–H groups in total. The largest absolute Gasteiger partial charge is 0.314 e. The molecule has 1 heterocycles. The maximum Gasteiger partial charge on any atom is 0.137 e. The molecular formula is C13H18BrCl2FN2. The SMILES string of the molecule is C=C[C@@H](c1cccc(F)c1Br)N1CCNCC1.Cl.Cl. The molecule has 1 aliphatic heterocycles. The summed E-state index contributed by atoms with van der Waals surface area (Å²) in [7, 11) is 0. The van der Waals surface area contributed by atoms with E-state index in [0.29, 0.717) is 4.47 Å². The highest BCUT2D eigenvalue weighted by molar-refractivity contribution is 9.10. The first-order chi connectivity index (χ1) is 8.24. The van der Waals surface area contributed by atoms with Gasteiger partial charge in [0.05, 0.1) is 10.5 Å². The zero-order chi connectivity index (χ0) is 12.3. The predicted octanol–water partition coefficient (Wildman–Crippen LogP) is 3.56. The fourth-order valence-corrected chi connectivity index (χ4v) is 2.68. The molecule has 0 amide bonds. The molecule has 1 aliphatic rings. The first kappa shape index (κ1) is 18.9. The van der Waals surface area contributed by atoms with Crippen molar-refractivity contribution in [1.82, 2.24) is 10.2 Å². The van der Waals surface area contributed by atoms with Gasteiger partial charge in [-0.05, 0) is 27.6 Å². The second-order valence-electron chi connectivity index (χ2n) is 4.11. The van der Waals surface area contributed by atoms with E-state index < -0.39 is 0 Å². The van der Waals surface area contributed by atoms with Gasteiger partial charge in [-0.15, -0.1) is 31.4 Å². The van der Waals surface area contributed by atoms with Crippen molar-refractivity contribution in [3.63, 3.8) is 0 Å². The minimum atomic E-state index is -0.218. The van der Waals surface area contributed by atoms with Crippen molar-refractivity contribution in [1.29, 1.82) is 0 Å². The second kappa shape index (κ2) is 8.93. The summed E-state index contributed by atoms with van der Waals surface area (Å²) in [5.74, 6) is -0.218. The average Bonchev–Trinajstić information content (AvgIpc) is 2.37. The number of halogens is 4. The van der Waals surface area contributed by atoms with Crippen LogP contribution < -0.4 is 5.32 Å². The van der Waals surface area contributed by atoms with Crippen LogP contribution in [0.2, 0.25) is 0 Å². The van der Waals surface area contributed by atoms with Gasteiger partial charge in [-0.3, -0.25) is 4.90 Å². The molecule has 2 nitrogen and oxygen atoms in total. The van der Waals surface area contributed by atoms with E-state index in [0.717, 1.165) is 31.7 Å². The minimum Gasteiger partial charge on any atom is -0.314 e. The van der Waals surface area contributed by atoms with E-state index >= 15 is 0 Å². The summed E-state index contributed by atoms with van der Waals surface area (Å²) in [5.41, 5.74) is 0.946. The second-order valence-corrected chi connectivity index (χ2v) is 4.90. The number of rotatable bonds is 3. The molecule has 108 valence electrons. The molecule has 1 aromatic rings. The van der Waals surface area contributed by atoms with Gasteiger partial charge in [0.1, 0.15) is 5.82 Å². The topological polar surface area (TPSA) is 15.3 Å². The van der Waals surface area contributed by atoms with E-state index in [1.807, 2.05) is 12.1 Å². The fraction of sp³-hybridized carbons (Fsp3) is 0.385. The van der Waals surface area contributed by atoms with Crippen molar-refractivity contribution < 1.29 is 4.39 Å². The predicted molar refractivity (Wildman–Crippen MR) is 86.0 cm³/mol. The van der Waals surface area contributed by atoms with Gasteiger partial charge in [-0.2, -0.15) is 0 Å². The van der Waals surface area contributed by atoms with Crippen LogP contribution in [-0.2, 0) is 0 Å². The summed E-state index contributed by atoms with van der Waals surface area (Å²) < 4.78 is 14.1. The third-order valence-electron chi connectivity index (χ3n) is 3.07. The van der Waals surface area contributed by atoms with Crippen molar-refractivity contribution in [2.45, 2.75) is 6.04 Å². The normalized spacial score (nSPS) is 16.9. The van der Waals surface area contributed by atoms with Gasteiger partial charge >= 0.3 is 0 Å². The van der Waals surface area contributed by atoms with Crippen LogP contribution in [0.3, 0.4) is 0 Å². The Hall–Kier alpha value is -0.130. The first-order valence-electron chi connectivity index (χ1n) is 5.75. The van der Waals surface area contributed by atoms with Gasteiger partial charge in [0.15, 0.2) is 0 Å². The number of nitrogens with zero attached hydrogens (tertiary/aromatic N) is 1. The molecule has 0 spiro atoms. The number of hydrogen-bond donors (Lipinski definition) is 1. The summed E-state index contributed by atoms with van der Waals surface area (Å²) in [6, 6.07) is 5.23. The van der Waals surface area contributed by atoms with Gasteiger partial charge in [0.25, 0.3) is 0 Å². The molecule has 0 unspecified atom stereocenters. The zero-order valence-electron chi connectivity index (χ0n) is 10.4. The molecule has 2 rings (SSSR count). The van der Waals surface area contributed by atoms with Crippen LogP contribution in [0.15, 0.2) is 35.3 Å². The summed E-state index contributed by atoms with van der Waals surface area (Å²) in [4.78, 5) is 2.31. The highest BCUT2D eigenvalue weighted by Gasteiger charge is 2.22. The summed E-state index contributed by atoms with van der Waals surface area (Å²) in [6.07, 6.45) is 1.88. The average molecular weight is 372 g/mol. The van der Waals surface area contributed by atoms with E-state index in [4.69, 9.17) is 0 Å². The maximum atomic E-state index is 13.5. The van der Waals surface area contributed by atoms with Gasteiger partial charge in [-0.1, -0.05) is 18.2 Å². The van der Waals surface area contributed by atoms with Crippen LogP contribution in [-0.4, -0.2) is 31.1 Å². The smallest absolute Gasteiger partial charge is 0.137 e. The Morgan fingerprint density at radius 3 is 2.53 bits per heavy atom. The Balaban J connectivity index is 0.00000162. The minimum absolute atomic E-state index is 0. The Morgan fingerprint density at radius 1 is 1.32 bits per heavy atom.